The molecule has 2 aliphatic rings. The molecule has 2 aliphatic heterocycles. The minimum atomic E-state index is 0.261. The fourth-order valence-corrected chi connectivity index (χ4v) is 4.46. The van der Waals surface area contributed by atoms with Crippen LogP contribution in [0.5, 0.6) is 11.5 Å². The van der Waals surface area contributed by atoms with Crippen LogP contribution in [0, 0.1) is 0 Å². The van der Waals surface area contributed by atoms with Crippen LogP contribution in [0.1, 0.15) is 30.3 Å². The predicted molar refractivity (Wildman–Crippen MR) is 109 cm³/mol. The molecule has 4 heterocycles. The van der Waals surface area contributed by atoms with E-state index < -0.39 is 0 Å². The van der Waals surface area contributed by atoms with Gasteiger partial charge >= 0.3 is 0 Å². The molecule has 0 saturated carbocycles. The number of hydrogen-bond acceptors (Lipinski definition) is 6. The van der Waals surface area contributed by atoms with Gasteiger partial charge < -0.3 is 18.8 Å². The molecule has 3 aromatic rings. The number of nitrogens with zero attached hydrogens (tertiary/aromatic N) is 4. The van der Waals surface area contributed by atoms with Crippen LogP contribution < -0.4 is 9.47 Å². The van der Waals surface area contributed by atoms with Gasteiger partial charge in [-0.3, -0.25) is 4.90 Å². The Balaban J connectivity index is 1.31. The number of hydrogen-bond donors (Lipinski definition) is 0. The average molecular weight is 415 g/mol. The summed E-state index contributed by atoms with van der Waals surface area (Å²) in [5.41, 5.74) is 2.94. The van der Waals surface area contributed by atoms with Gasteiger partial charge in [0.25, 0.3) is 0 Å². The molecular formula is C21H23ClN4O3. The number of imidazole rings is 1. The van der Waals surface area contributed by atoms with Crippen LogP contribution in [0.25, 0.3) is 11.2 Å². The smallest absolute Gasteiger partial charge is 0.231 e. The van der Waals surface area contributed by atoms with Crippen molar-refractivity contribution in [3.63, 3.8) is 0 Å². The highest BCUT2D eigenvalue weighted by molar-refractivity contribution is 6.31. The van der Waals surface area contributed by atoms with Crippen LogP contribution in [-0.4, -0.2) is 46.4 Å². The SMILES string of the molecule is COCc1nc2cccnc2n1C1CCN(Cc2cc3c(cc2Cl)OCO3)CC1. The van der Waals surface area contributed by atoms with E-state index in [1.165, 1.54) is 0 Å². The molecule has 7 nitrogen and oxygen atoms in total. The number of piperidine rings is 1. The van der Waals surface area contributed by atoms with E-state index in [0.717, 1.165) is 71.5 Å². The van der Waals surface area contributed by atoms with Gasteiger partial charge in [-0.1, -0.05) is 11.6 Å². The second-order valence-corrected chi connectivity index (χ2v) is 7.89. The van der Waals surface area contributed by atoms with E-state index in [9.17, 15) is 0 Å². The molecule has 8 heteroatoms. The van der Waals surface area contributed by atoms with Crippen LogP contribution in [0.2, 0.25) is 5.02 Å². The maximum Gasteiger partial charge on any atom is 0.231 e. The van der Waals surface area contributed by atoms with Crippen molar-refractivity contribution in [3.05, 3.63) is 46.9 Å². The van der Waals surface area contributed by atoms with Gasteiger partial charge in [-0.15, -0.1) is 0 Å². The lowest BCUT2D eigenvalue weighted by Crippen LogP contribution is -2.34. The number of likely N-dealkylation sites (tertiary alicyclic amines) is 1. The molecule has 0 aliphatic carbocycles. The van der Waals surface area contributed by atoms with Crippen molar-refractivity contribution in [1.29, 1.82) is 0 Å². The zero-order valence-corrected chi connectivity index (χ0v) is 17.1. The van der Waals surface area contributed by atoms with E-state index in [-0.39, 0.29) is 6.79 Å². The number of aromatic nitrogens is 3. The molecule has 2 aromatic heterocycles. The van der Waals surface area contributed by atoms with Crippen molar-refractivity contribution in [3.8, 4) is 11.5 Å². The Morgan fingerprint density at radius 3 is 2.79 bits per heavy atom. The summed E-state index contributed by atoms with van der Waals surface area (Å²) < 4.78 is 18.5. The fraction of sp³-hybridized carbons (Fsp3) is 0.429. The Morgan fingerprint density at radius 1 is 1.21 bits per heavy atom. The van der Waals surface area contributed by atoms with Crippen molar-refractivity contribution in [2.75, 3.05) is 27.0 Å². The predicted octanol–water partition coefficient (Wildman–Crippen LogP) is 3.80. The van der Waals surface area contributed by atoms with E-state index in [4.69, 9.17) is 30.8 Å². The van der Waals surface area contributed by atoms with Crippen molar-refractivity contribution in [2.45, 2.75) is 32.0 Å². The summed E-state index contributed by atoms with van der Waals surface area (Å²) in [5.74, 6) is 2.44. The zero-order valence-electron chi connectivity index (χ0n) is 16.3. The summed E-state index contributed by atoms with van der Waals surface area (Å²) in [6.45, 7) is 3.51. The second kappa shape index (κ2) is 7.82. The Bertz CT molecular complexity index is 1030. The Hall–Kier alpha value is -2.35. The van der Waals surface area contributed by atoms with E-state index in [1.807, 2.05) is 30.5 Å². The molecule has 0 amide bonds. The number of fused-ring (bicyclic) bond motifs is 2. The minimum Gasteiger partial charge on any atom is -0.454 e. The summed E-state index contributed by atoms with van der Waals surface area (Å²) in [6, 6.07) is 8.15. The highest BCUT2D eigenvalue weighted by atomic mass is 35.5. The van der Waals surface area contributed by atoms with Gasteiger partial charge in [0.2, 0.25) is 6.79 Å². The first-order chi connectivity index (χ1) is 14.2. The number of ether oxygens (including phenoxy) is 3. The fourth-order valence-electron chi connectivity index (χ4n) is 4.25. The highest BCUT2D eigenvalue weighted by Crippen LogP contribution is 2.38. The maximum atomic E-state index is 6.46. The molecule has 5 rings (SSSR count). The van der Waals surface area contributed by atoms with Gasteiger partial charge in [-0.25, -0.2) is 9.97 Å². The van der Waals surface area contributed by atoms with Crippen molar-refractivity contribution in [2.24, 2.45) is 0 Å². The summed E-state index contributed by atoms with van der Waals surface area (Å²) in [4.78, 5) is 11.7. The highest BCUT2D eigenvalue weighted by Gasteiger charge is 2.26. The first-order valence-electron chi connectivity index (χ1n) is 9.84. The van der Waals surface area contributed by atoms with E-state index in [1.54, 1.807) is 7.11 Å². The summed E-state index contributed by atoms with van der Waals surface area (Å²) in [6.07, 6.45) is 3.88. The van der Waals surface area contributed by atoms with E-state index in [0.29, 0.717) is 12.6 Å². The van der Waals surface area contributed by atoms with Gasteiger partial charge in [-0.05, 0) is 36.6 Å². The monoisotopic (exact) mass is 414 g/mol. The van der Waals surface area contributed by atoms with E-state index >= 15 is 0 Å². The van der Waals surface area contributed by atoms with Crippen LogP contribution >= 0.6 is 11.6 Å². The van der Waals surface area contributed by atoms with Crippen LogP contribution in [0.4, 0.5) is 0 Å². The third-order valence-corrected chi connectivity index (χ3v) is 6.00. The third kappa shape index (κ3) is 3.54. The molecule has 0 radical (unpaired) electrons. The third-order valence-electron chi connectivity index (χ3n) is 5.65. The number of halogens is 1. The first kappa shape index (κ1) is 18.7. The maximum absolute atomic E-state index is 6.46. The Kier molecular flexibility index (Phi) is 5.03. The molecule has 0 N–H and O–H groups in total. The summed E-state index contributed by atoms with van der Waals surface area (Å²) >= 11 is 6.46. The van der Waals surface area contributed by atoms with Crippen LogP contribution in [-0.2, 0) is 17.9 Å². The minimum absolute atomic E-state index is 0.261. The first-order valence-corrected chi connectivity index (χ1v) is 10.2. The average Bonchev–Trinajstić information content (AvgIpc) is 3.33. The van der Waals surface area contributed by atoms with Crippen molar-refractivity contribution in [1.82, 2.24) is 19.4 Å². The number of rotatable bonds is 5. The van der Waals surface area contributed by atoms with Crippen LogP contribution in [0.15, 0.2) is 30.5 Å². The van der Waals surface area contributed by atoms with Gasteiger partial charge in [0.15, 0.2) is 17.1 Å². The number of pyridine rings is 1. The lowest BCUT2D eigenvalue weighted by molar-refractivity contribution is 0.156. The molecule has 1 aromatic carbocycles. The van der Waals surface area contributed by atoms with E-state index in [2.05, 4.69) is 14.5 Å². The standard InChI is InChI=1S/C21H23ClN4O3/c1-27-12-20-24-17-3-2-6-23-21(17)26(20)15-4-7-25(8-5-15)11-14-9-18-19(10-16(14)22)29-13-28-18/h2-3,6,9-10,15H,4-5,7-8,11-13H2,1H3. The van der Waals surface area contributed by atoms with Gasteiger partial charge in [0.1, 0.15) is 17.9 Å². The van der Waals surface area contributed by atoms with Gasteiger partial charge in [0, 0.05) is 50.1 Å². The number of benzene rings is 1. The molecule has 1 fully saturated rings. The molecule has 0 atom stereocenters. The lowest BCUT2D eigenvalue weighted by atomic mass is 10.0. The van der Waals surface area contributed by atoms with Crippen molar-refractivity contribution >= 4 is 22.8 Å². The molecule has 0 unspecified atom stereocenters. The molecule has 1 saturated heterocycles. The molecular weight excluding hydrogens is 392 g/mol. The molecule has 29 heavy (non-hydrogen) atoms. The topological polar surface area (TPSA) is 61.6 Å². The largest absolute Gasteiger partial charge is 0.454 e. The normalized spacial score (nSPS) is 17.3. The Labute approximate surface area is 174 Å². The van der Waals surface area contributed by atoms with Gasteiger partial charge in [-0.2, -0.15) is 0 Å². The molecule has 0 spiro atoms. The number of methoxy groups -OCH3 is 1. The summed E-state index contributed by atoms with van der Waals surface area (Å²) in [5, 5.41) is 0.726. The zero-order chi connectivity index (χ0) is 19.8. The quantitative estimate of drug-likeness (QED) is 0.633. The lowest BCUT2D eigenvalue weighted by Gasteiger charge is -2.33. The Morgan fingerprint density at radius 2 is 2.00 bits per heavy atom. The van der Waals surface area contributed by atoms with Gasteiger partial charge in [0.05, 0.1) is 0 Å². The molecule has 152 valence electrons. The summed E-state index contributed by atoms with van der Waals surface area (Å²) in [7, 11) is 1.70. The van der Waals surface area contributed by atoms with Crippen LogP contribution in [0.3, 0.4) is 0 Å². The second-order valence-electron chi connectivity index (χ2n) is 7.48. The van der Waals surface area contributed by atoms with Crippen molar-refractivity contribution < 1.29 is 14.2 Å². The molecule has 0 bridgehead atoms.